The van der Waals surface area contributed by atoms with Crippen molar-refractivity contribution in [1.29, 1.82) is 0 Å². The van der Waals surface area contributed by atoms with Crippen molar-refractivity contribution >= 4 is 21.6 Å². The summed E-state index contributed by atoms with van der Waals surface area (Å²) in [5.41, 5.74) is 0. The molecule has 0 bridgehead atoms. The van der Waals surface area contributed by atoms with Gasteiger partial charge in [-0.3, -0.25) is 0 Å². The maximum absolute atomic E-state index is 12.0. The number of halogens is 1. The summed E-state index contributed by atoms with van der Waals surface area (Å²) in [5, 5.41) is 0.0947. The van der Waals surface area contributed by atoms with Gasteiger partial charge in [0.2, 0.25) is 10.0 Å². The zero-order valence-electron chi connectivity index (χ0n) is 10.2. The molecule has 0 heterocycles. The van der Waals surface area contributed by atoms with Crippen LogP contribution in [0.2, 0.25) is 0 Å². The fraction of sp³-hybridized carbons (Fsp3) is 0.538. The van der Waals surface area contributed by atoms with Crippen LogP contribution in [-0.4, -0.2) is 20.3 Å². The molecule has 1 fully saturated rings. The van der Waals surface area contributed by atoms with Gasteiger partial charge >= 0.3 is 0 Å². The predicted molar refractivity (Wildman–Crippen MR) is 73.2 cm³/mol. The van der Waals surface area contributed by atoms with E-state index in [2.05, 4.69) is 4.72 Å². The smallest absolute Gasteiger partial charge is 0.211 e. The zero-order chi connectivity index (χ0) is 13.0. The molecule has 1 N–H and O–H groups in total. The number of alkyl halides is 1. The van der Waals surface area contributed by atoms with Gasteiger partial charge in [0, 0.05) is 11.9 Å². The maximum Gasteiger partial charge on any atom is 0.240 e. The topological polar surface area (TPSA) is 46.2 Å². The highest BCUT2D eigenvalue weighted by molar-refractivity contribution is 7.89. The zero-order valence-corrected chi connectivity index (χ0v) is 11.8. The quantitative estimate of drug-likeness (QED) is 0.866. The summed E-state index contributed by atoms with van der Waals surface area (Å²) in [5.74, 6) is 0.249. The Balaban J connectivity index is 1.97. The fourth-order valence-corrected chi connectivity index (χ4v) is 3.78. The van der Waals surface area contributed by atoms with Crippen molar-refractivity contribution in [2.24, 2.45) is 5.92 Å². The summed E-state index contributed by atoms with van der Waals surface area (Å²) in [6.45, 7) is 0.436. The van der Waals surface area contributed by atoms with E-state index in [1.165, 1.54) is 0 Å². The summed E-state index contributed by atoms with van der Waals surface area (Å²) in [4.78, 5) is 0.312. The molecule has 1 aliphatic rings. The van der Waals surface area contributed by atoms with Crippen LogP contribution in [0, 0.1) is 5.92 Å². The second-order valence-corrected chi connectivity index (χ2v) is 7.05. The Labute approximate surface area is 114 Å². The van der Waals surface area contributed by atoms with Gasteiger partial charge in [-0.25, -0.2) is 13.1 Å². The molecular formula is C13H18ClNO2S. The fourth-order valence-electron chi connectivity index (χ4n) is 2.29. The Morgan fingerprint density at radius 1 is 1.17 bits per heavy atom. The van der Waals surface area contributed by atoms with E-state index in [-0.39, 0.29) is 11.3 Å². The Morgan fingerprint density at radius 2 is 1.83 bits per heavy atom. The standard InChI is InChI=1S/C13H18ClNO2S/c14-13-9-5-4-6-11(13)10-15-18(16,17)12-7-2-1-3-8-12/h1-3,7-8,11,13,15H,4-6,9-10H2. The molecule has 100 valence electrons. The Hall–Kier alpha value is -0.580. The van der Waals surface area contributed by atoms with Crippen LogP contribution < -0.4 is 4.72 Å². The van der Waals surface area contributed by atoms with Crippen LogP contribution in [0.1, 0.15) is 25.7 Å². The van der Waals surface area contributed by atoms with Crippen molar-refractivity contribution in [3.8, 4) is 0 Å². The molecule has 1 saturated carbocycles. The summed E-state index contributed by atoms with van der Waals surface area (Å²) in [6.07, 6.45) is 4.28. The van der Waals surface area contributed by atoms with E-state index in [1.54, 1.807) is 30.3 Å². The maximum atomic E-state index is 12.0. The van der Waals surface area contributed by atoms with E-state index in [4.69, 9.17) is 11.6 Å². The van der Waals surface area contributed by atoms with Gasteiger partial charge in [-0.15, -0.1) is 11.6 Å². The Kier molecular flexibility index (Phi) is 4.65. The van der Waals surface area contributed by atoms with Crippen molar-refractivity contribution in [3.63, 3.8) is 0 Å². The molecule has 1 aromatic rings. The third-order valence-corrected chi connectivity index (χ3v) is 5.42. The number of nitrogens with one attached hydrogen (secondary N) is 1. The van der Waals surface area contributed by atoms with Crippen molar-refractivity contribution in [2.45, 2.75) is 36.0 Å². The molecule has 0 aromatic heterocycles. The highest BCUT2D eigenvalue weighted by atomic mass is 35.5. The first-order chi connectivity index (χ1) is 8.59. The molecule has 2 unspecified atom stereocenters. The average Bonchev–Trinajstić information content (AvgIpc) is 2.39. The van der Waals surface area contributed by atoms with E-state index in [1.807, 2.05) is 0 Å². The number of rotatable bonds is 4. The molecule has 0 radical (unpaired) electrons. The van der Waals surface area contributed by atoms with Crippen molar-refractivity contribution in [3.05, 3.63) is 30.3 Å². The molecule has 18 heavy (non-hydrogen) atoms. The molecule has 3 nitrogen and oxygen atoms in total. The second kappa shape index (κ2) is 6.04. The number of sulfonamides is 1. The summed E-state index contributed by atoms with van der Waals surface area (Å²) < 4.78 is 26.7. The molecule has 0 spiro atoms. The first kappa shape index (κ1) is 13.8. The summed E-state index contributed by atoms with van der Waals surface area (Å²) in [6, 6.07) is 8.44. The normalized spacial score (nSPS) is 24.9. The van der Waals surface area contributed by atoms with Crippen molar-refractivity contribution in [2.75, 3.05) is 6.54 Å². The molecular weight excluding hydrogens is 270 g/mol. The van der Waals surface area contributed by atoms with Crippen LogP contribution in [0.15, 0.2) is 35.2 Å². The van der Waals surface area contributed by atoms with Crippen LogP contribution in [-0.2, 0) is 10.0 Å². The lowest BCUT2D eigenvalue weighted by molar-refractivity contribution is 0.364. The summed E-state index contributed by atoms with van der Waals surface area (Å²) in [7, 11) is -3.39. The SMILES string of the molecule is O=S(=O)(NCC1CCCCC1Cl)c1ccccc1. The molecule has 1 aliphatic carbocycles. The largest absolute Gasteiger partial charge is 0.240 e. The van der Waals surface area contributed by atoms with Gasteiger partial charge in [0.25, 0.3) is 0 Å². The van der Waals surface area contributed by atoms with E-state index in [0.29, 0.717) is 11.4 Å². The lowest BCUT2D eigenvalue weighted by atomic mass is 9.89. The minimum atomic E-state index is -3.39. The highest BCUT2D eigenvalue weighted by Crippen LogP contribution is 2.28. The average molecular weight is 288 g/mol. The Bertz CT molecular complexity index is 475. The second-order valence-electron chi connectivity index (χ2n) is 4.73. The molecule has 5 heteroatoms. The van der Waals surface area contributed by atoms with Crippen LogP contribution in [0.3, 0.4) is 0 Å². The minimum Gasteiger partial charge on any atom is -0.211 e. The van der Waals surface area contributed by atoms with Crippen LogP contribution >= 0.6 is 11.6 Å². The third kappa shape index (κ3) is 3.46. The Morgan fingerprint density at radius 3 is 2.50 bits per heavy atom. The van der Waals surface area contributed by atoms with Gasteiger partial charge in [0.15, 0.2) is 0 Å². The van der Waals surface area contributed by atoms with Crippen LogP contribution in [0.4, 0.5) is 0 Å². The molecule has 2 atom stereocenters. The third-order valence-electron chi connectivity index (χ3n) is 3.41. The minimum absolute atomic E-state index is 0.0947. The number of hydrogen-bond acceptors (Lipinski definition) is 2. The van der Waals surface area contributed by atoms with Crippen molar-refractivity contribution < 1.29 is 8.42 Å². The van der Waals surface area contributed by atoms with Gasteiger partial charge in [0.05, 0.1) is 4.90 Å². The number of hydrogen-bond donors (Lipinski definition) is 1. The van der Waals surface area contributed by atoms with E-state index in [9.17, 15) is 8.42 Å². The molecule has 2 rings (SSSR count). The first-order valence-corrected chi connectivity index (χ1v) is 8.20. The summed E-state index contributed by atoms with van der Waals surface area (Å²) >= 11 is 6.22. The molecule has 0 aliphatic heterocycles. The van der Waals surface area contributed by atoms with Crippen LogP contribution in [0.5, 0.6) is 0 Å². The van der Waals surface area contributed by atoms with Gasteiger partial charge in [-0.05, 0) is 30.9 Å². The van der Waals surface area contributed by atoms with Crippen LogP contribution in [0.25, 0.3) is 0 Å². The molecule has 1 aromatic carbocycles. The lowest BCUT2D eigenvalue weighted by Gasteiger charge is -2.26. The van der Waals surface area contributed by atoms with Gasteiger partial charge in [-0.2, -0.15) is 0 Å². The molecule has 0 saturated heterocycles. The molecule has 0 amide bonds. The predicted octanol–water partition coefficient (Wildman–Crippen LogP) is 2.76. The van der Waals surface area contributed by atoms with Gasteiger partial charge in [-0.1, -0.05) is 31.0 Å². The van der Waals surface area contributed by atoms with Gasteiger partial charge < -0.3 is 0 Å². The van der Waals surface area contributed by atoms with E-state index >= 15 is 0 Å². The van der Waals surface area contributed by atoms with E-state index in [0.717, 1.165) is 25.7 Å². The van der Waals surface area contributed by atoms with Gasteiger partial charge in [0.1, 0.15) is 0 Å². The van der Waals surface area contributed by atoms with Crippen molar-refractivity contribution in [1.82, 2.24) is 4.72 Å². The lowest BCUT2D eigenvalue weighted by Crippen LogP contribution is -2.34. The van der Waals surface area contributed by atoms with E-state index < -0.39 is 10.0 Å². The highest BCUT2D eigenvalue weighted by Gasteiger charge is 2.25. The monoisotopic (exact) mass is 287 g/mol. The number of benzene rings is 1. The first-order valence-electron chi connectivity index (χ1n) is 6.28.